The number of carbonyl (C=O) groups excluding carboxylic acids is 1. The lowest BCUT2D eigenvalue weighted by molar-refractivity contribution is -0.133. The van der Waals surface area contributed by atoms with E-state index in [0.717, 1.165) is 37.9 Å². The van der Waals surface area contributed by atoms with E-state index in [1.165, 1.54) is 17.7 Å². The van der Waals surface area contributed by atoms with Gasteiger partial charge in [0, 0.05) is 37.6 Å². The highest BCUT2D eigenvalue weighted by Gasteiger charge is 2.24. The summed E-state index contributed by atoms with van der Waals surface area (Å²) in [5, 5.41) is 7.18. The Morgan fingerprint density at radius 2 is 2.35 bits per heavy atom. The van der Waals surface area contributed by atoms with Crippen molar-refractivity contribution in [3.63, 3.8) is 0 Å². The molecule has 0 saturated carbocycles. The van der Waals surface area contributed by atoms with Crippen LogP contribution in [-0.2, 0) is 17.6 Å². The molecule has 3 heterocycles. The van der Waals surface area contributed by atoms with Gasteiger partial charge in [-0.2, -0.15) is 5.10 Å². The topological polar surface area (TPSA) is 61.9 Å². The number of pyridine rings is 1. The number of carbonyl (C=O) groups is 1. The lowest BCUT2D eigenvalue weighted by Crippen LogP contribution is -2.40. The molecule has 1 amide bonds. The molecule has 0 aromatic carbocycles. The summed E-state index contributed by atoms with van der Waals surface area (Å²) in [6, 6.07) is 3.95. The highest BCUT2D eigenvalue weighted by molar-refractivity contribution is 5.76. The average Bonchev–Trinajstić information content (AvgIpc) is 2.99. The number of rotatable bonds is 5. The van der Waals surface area contributed by atoms with Crippen LogP contribution in [0.25, 0.3) is 0 Å². The number of hydrogen-bond acceptors (Lipinski definition) is 3. The Morgan fingerprint density at radius 3 is 3.09 bits per heavy atom. The van der Waals surface area contributed by atoms with Crippen LogP contribution in [0.1, 0.15) is 36.1 Å². The number of hydrogen-bond donors (Lipinski definition) is 1. The molecule has 0 bridgehead atoms. The van der Waals surface area contributed by atoms with Crippen LogP contribution >= 0.6 is 0 Å². The zero-order valence-corrected chi connectivity index (χ0v) is 13.7. The van der Waals surface area contributed by atoms with Crippen LogP contribution in [0.4, 0.5) is 0 Å². The average molecular weight is 312 g/mol. The summed E-state index contributed by atoms with van der Waals surface area (Å²) >= 11 is 0. The summed E-state index contributed by atoms with van der Waals surface area (Å²) in [5.41, 5.74) is 3.55. The fourth-order valence-electron chi connectivity index (χ4n) is 3.28. The molecule has 1 saturated heterocycles. The van der Waals surface area contributed by atoms with Gasteiger partial charge in [0.25, 0.3) is 0 Å². The third-order valence-electron chi connectivity index (χ3n) is 4.65. The standard InChI is InChI=1S/C18H24N4O/c1-14-11-20-21-17(14)10-16-5-3-9-22(13-16)18(23)7-6-15-4-2-8-19-12-15/h2,4,8,11-12,16H,3,5-7,9-10,13H2,1H3,(H,20,21). The first-order valence-corrected chi connectivity index (χ1v) is 8.38. The Balaban J connectivity index is 1.51. The second-order valence-electron chi connectivity index (χ2n) is 6.44. The van der Waals surface area contributed by atoms with Crippen molar-refractivity contribution in [2.24, 2.45) is 5.92 Å². The van der Waals surface area contributed by atoms with Crippen LogP contribution in [0.3, 0.4) is 0 Å². The van der Waals surface area contributed by atoms with E-state index in [1.807, 2.05) is 29.4 Å². The van der Waals surface area contributed by atoms with Crippen molar-refractivity contribution >= 4 is 5.91 Å². The van der Waals surface area contributed by atoms with E-state index in [4.69, 9.17) is 0 Å². The van der Waals surface area contributed by atoms with Crippen LogP contribution < -0.4 is 0 Å². The van der Waals surface area contributed by atoms with Crippen molar-refractivity contribution in [1.82, 2.24) is 20.1 Å². The number of amides is 1. The predicted octanol–water partition coefficient (Wildman–Crippen LogP) is 2.53. The molecule has 2 aromatic heterocycles. The van der Waals surface area contributed by atoms with Crippen LogP contribution in [0.2, 0.25) is 0 Å². The summed E-state index contributed by atoms with van der Waals surface area (Å²) in [4.78, 5) is 18.6. The van der Waals surface area contributed by atoms with Gasteiger partial charge in [0.15, 0.2) is 0 Å². The van der Waals surface area contributed by atoms with Crippen molar-refractivity contribution in [3.05, 3.63) is 47.5 Å². The van der Waals surface area contributed by atoms with E-state index < -0.39 is 0 Å². The predicted molar refractivity (Wildman–Crippen MR) is 88.9 cm³/mol. The first kappa shape index (κ1) is 15.7. The first-order valence-electron chi connectivity index (χ1n) is 8.38. The van der Waals surface area contributed by atoms with E-state index in [2.05, 4.69) is 22.1 Å². The minimum atomic E-state index is 0.264. The molecule has 1 aliphatic heterocycles. The second kappa shape index (κ2) is 7.40. The molecule has 1 unspecified atom stereocenters. The Labute approximate surface area is 137 Å². The maximum atomic E-state index is 12.5. The maximum absolute atomic E-state index is 12.5. The third kappa shape index (κ3) is 4.18. The molecule has 0 radical (unpaired) electrons. The number of nitrogens with zero attached hydrogens (tertiary/aromatic N) is 3. The fourth-order valence-corrected chi connectivity index (χ4v) is 3.28. The van der Waals surface area contributed by atoms with E-state index in [1.54, 1.807) is 6.20 Å². The summed E-state index contributed by atoms with van der Waals surface area (Å²) in [6.45, 7) is 3.84. The van der Waals surface area contributed by atoms with Gasteiger partial charge in [-0.25, -0.2) is 0 Å². The van der Waals surface area contributed by atoms with Crippen molar-refractivity contribution in [2.45, 2.75) is 39.0 Å². The molecule has 0 spiro atoms. The molecule has 5 heteroatoms. The summed E-state index contributed by atoms with van der Waals surface area (Å²) < 4.78 is 0. The van der Waals surface area contributed by atoms with Crippen LogP contribution in [0.5, 0.6) is 0 Å². The number of aryl methyl sites for hydroxylation is 2. The highest BCUT2D eigenvalue weighted by Crippen LogP contribution is 2.22. The Morgan fingerprint density at radius 1 is 1.43 bits per heavy atom. The molecule has 122 valence electrons. The molecule has 5 nitrogen and oxygen atoms in total. The van der Waals surface area contributed by atoms with Crippen molar-refractivity contribution in [1.29, 1.82) is 0 Å². The summed E-state index contributed by atoms with van der Waals surface area (Å²) in [5.74, 6) is 0.796. The van der Waals surface area contributed by atoms with Crippen molar-refractivity contribution in [3.8, 4) is 0 Å². The van der Waals surface area contributed by atoms with E-state index in [-0.39, 0.29) is 5.91 Å². The highest BCUT2D eigenvalue weighted by atomic mass is 16.2. The number of nitrogens with one attached hydrogen (secondary N) is 1. The summed E-state index contributed by atoms with van der Waals surface area (Å²) in [7, 11) is 0. The van der Waals surface area contributed by atoms with Gasteiger partial charge in [-0.1, -0.05) is 6.07 Å². The van der Waals surface area contributed by atoms with E-state index in [9.17, 15) is 4.79 Å². The minimum absolute atomic E-state index is 0.264. The molecule has 1 aliphatic rings. The molecule has 1 atom stereocenters. The van der Waals surface area contributed by atoms with Gasteiger partial charge in [0.1, 0.15) is 0 Å². The van der Waals surface area contributed by atoms with Gasteiger partial charge in [-0.3, -0.25) is 14.9 Å². The molecule has 1 fully saturated rings. The Hall–Kier alpha value is -2.17. The zero-order chi connectivity index (χ0) is 16.1. The van der Waals surface area contributed by atoms with Gasteiger partial charge >= 0.3 is 0 Å². The monoisotopic (exact) mass is 312 g/mol. The zero-order valence-electron chi connectivity index (χ0n) is 13.7. The number of likely N-dealkylation sites (tertiary alicyclic amines) is 1. The van der Waals surface area contributed by atoms with Gasteiger partial charge in [-0.05, 0) is 55.7 Å². The van der Waals surface area contributed by atoms with E-state index in [0.29, 0.717) is 12.3 Å². The van der Waals surface area contributed by atoms with Gasteiger partial charge < -0.3 is 4.90 Å². The number of H-pyrrole nitrogens is 1. The first-order chi connectivity index (χ1) is 11.2. The van der Waals surface area contributed by atoms with Crippen molar-refractivity contribution in [2.75, 3.05) is 13.1 Å². The number of aromatic amines is 1. The van der Waals surface area contributed by atoms with E-state index >= 15 is 0 Å². The van der Waals surface area contributed by atoms with Crippen LogP contribution in [-0.4, -0.2) is 39.1 Å². The fraction of sp³-hybridized carbons (Fsp3) is 0.500. The normalized spacial score (nSPS) is 18.1. The number of aromatic nitrogens is 3. The summed E-state index contributed by atoms with van der Waals surface area (Å²) in [6.07, 6.45) is 10.1. The molecule has 2 aromatic rings. The Kier molecular flexibility index (Phi) is 5.05. The lowest BCUT2D eigenvalue weighted by atomic mass is 9.92. The van der Waals surface area contributed by atoms with Gasteiger partial charge in [0.2, 0.25) is 5.91 Å². The number of piperidine rings is 1. The Bertz CT molecular complexity index is 637. The van der Waals surface area contributed by atoms with Crippen LogP contribution in [0, 0.1) is 12.8 Å². The van der Waals surface area contributed by atoms with Gasteiger partial charge in [-0.15, -0.1) is 0 Å². The van der Waals surface area contributed by atoms with Gasteiger partial charge in [0.05, 0.1) is 6.20 Å². The maximum Gasteiger partial charge on any atom is 0.222 e. The SMILES string of the molecule is Cc1cn[nH]c1CC1CCCN(C(=O)CCc2cccnc2)C1. The molecule has 0 aliphatic carbocycles. The van der Waals surface area contributed by atoms with Crippen molar-refractivity contribution < 1.29 is 4.79 Å². The smallest absolute Gasteiger partial charge is 0.222 e. The second-order valence-corrected chi connectivity index (χ2v) is 6.44. The lowest BCUT2D eigenvalue weighted by Gasteiger charge is -2.33. The molecule has 23 heavy (non-hydrogen) atoms. The molecule has 1 N–H and O–H groups in total. The van der Waals surface area contributed by atoms with Crippen LogP contribution in [0.15, 0.2) is 30.7 Å². The molecule has 3 rings (SSSR count). The third-order valence-corrected chi connectivity index (χ3v) is 4.65. The largest absolute Gasteiger partial charge is 0.342 e. The minimum Gasteiger partial charge on any atom is -0.342 e. The molecular formula is C18H24N4O. The molecular weight excluding hydrogens is 288 g/mol. The quantitative estimate of drug-likeness (QED) is 0.923.